The molecule has 0 fully saturated rings. The van der Waals surface area contributed by atoms with Gasteiger partial charge in [-0.1, -0.05) is 185 Å². The summed E-state index contributed by atoms with van der Waals surface area (Å²) in [6.07, 6.45) is 0. The van der Waals surface area contributed by atoms with Crippen LogP contribution >= 0.6 is 11.8 Å². The van der Waals surface area contributed by atoms with Gasteiger partial charge in [0.25, 0.3) is 0 Å². The average molecular weight is 919 g/mol. The summed E-state index contributed by atoms with van der Waals surface area (Å²) in [5, 5.41) is 17.4. The van der Waals surface area contributed by atoms with Crippen LogP contribution in [0.1, 0.15) is 81.5 Å². The minimum Gasteiger partial charge on any atom is -0.308 e. The fraction of sp³-hybridized carbons (Fsp3) is 0.141. The van der Waals surface area contributed by atoms with Crippen LogP contribution in [-0.4, -0.2) is 20.4 Å². The largest absolute Gasteiger partial charge is 0.308 e. The molecular weight excluding hydrogens is 868 g/mol. The Kier molecular flexibility index (Phi) is 9.81. The second-order valence-corrected chi connectivity index (χ2v) is 21.2. The summed E-state index contributed by atoms with van der Waals surface area (Å²) in [6.45, 7) is 14.2. The lowest BCUT2D eigenvalue weighted by atomic mass is 9.34. The van der Waals surface area contributed by atoms with Crippen molar-refractivity contribution in [1.82, 2.24) is 13.7 Å². The van der Waals surface area contributed by atoms with E-state index in [0.717, 1.165) is 39.1 Å². The zero-order chi connectivity index (χ0) is 47.5. The van der Waals surface area contributed by atoms with Crippen LogP contribution < -0.4 is 16.4 Å². The summed E-state index contributed by atoms with van der Waals surface area (Å²) in [6, 6.07) is 69.6. The zero-order valence-corrected chi connectivity index (χ0v) is 41.1. The summed E-state index contributed by atoms with van der Waals surface area (Å²) < 4.78 is 7.48. The first-order valence-corrected chi connectivity index (χ1v) is 25.6. The minimum absolute atomic E-state index is 0.0886. The van der Waals surface area contributed by atoms with Crippen molar-refractivity contribution in [1.29, 1.82) is 5.26 Å². The number of rotatable bonds is 7. The van der Waals surface area contributed by atoms with Gasteiger partial charge in [-0.15, -0.1) is 0 Å². The van der Waals surface area contributed by atoms with Gasteiger partial charge in [-0.2, -0.15) is 5.26 Å². The fourth-order valence-corrected chi connectivity index (χ4v) is 13.2. The van der Waals surface area contributed by atoms with Gasteiger partial charge in [-0.05, 0) is 101 Å². The van der Waals surface area contributed by atoms with Gasteiger partial charge in [-0.25, -0.2) is 0 Å². The third-order valence-corrected chi connectivity index (χ3v) is 16.2. The number of benzene rings is 9. The van der Waals surface area contributed by atoms with Crippen molar-refractivity contribution >= 4 is 100 Å². The molecule has 1 aliphatic rings. The smallest absolute Gasteiger partial charge is 0.244 e. The summed E-state index contributed by atoms with van der Waals surface area (Å²) in [5.41, 5.74) is 19.2. The van der Waals surface area contributed by atoms with Crippen LogP contribution in [0.4, 0.5) is 0 Å². The number of nitrogens with zero attached hydrogens (tertiary/aromatic N) is 4. The number of hydrogen-bond donors (Lipinski definition) is 0. The quantitative estimate of drug-likeness (QED) is 0.149. The van der Waals surface area contributed by atoms with Crippen molar-refractivity contribution in [2.75, 3.05) is 0 Å². The summed E-state index contributed by atoms with van der Waals surface area (Å²) in [5.74, 6) is 1.17. The van der Waals surface area contributed by atoms with Gasteiger partial charge in [0.2, 0.25) is 6.71 Å². The molecule has 70 heavy (non-hydrogen) atoms. The van der Waals surface area contributed by atoms with Gasteiger partial charge in [0.15, 0.2) is 0 Å². The number of fused-ring (bicyclic) bond motifs is 14. The van der Waals surface area contributed by atoms with E-state index in [-0.39, 0.29) is 6.71 Å². The third kappa shape index (κ3) is 6.17. The number of nitriles is 1. The highest BCUT2D eigenvalue weighted by atomic mass is 32.2. The molecule has 3 aromatic heterocycles. The normalized spacial score (nSPS) is 12.7. The van der Waals surface area contributed by atoms with Crippen LogP contribution in [0.2, 0.25) is 0 Å². The molecular formula is C64H51BN4S. The Morgan fingerprint density at radius 2 is 0.900 bits per heavy atom. The lowest BCUT2D eigenvalue weighted by molar-refractivity contribution is 0.812. The van der Waals surface area contributed by atoms with E-state index in [1.165, 1.54) is 86.2 Å². The topological polar surface area (TPSA) is 38.6 Å². The molecule has 0 spiro atoms. The Morgan fingerprint density at radius 1 is 0.429 bits per heavy atom. The number of hydrogen-bond acceptors (Lipinski definition) is 2. The van der Waals surface area contributed by atoms with E-state index in [9.17, 15) is 5.26 Å². The van der Waals surface area contributed by atoms with Crippen LogP contribution in [-0.2, 0) is 0 Å². The van der Waals surface area contributed by atoms with Crippen LogP contribution in [0.3, 0.4) is 0 Å². The van der Waals surface area contributed by atoms with E-state index in [0.29, 0.717) is 23.3 Å². The average Bonchev–Trinajstić information content (AvgIpc) is 4.04. The van der Waals surface area contributed by atoms with Gasteiger partial charge in [0, 0.05) is 59.2 Å². The Balaban J connectivity index is 1.20. The lowest BCUT2D eigenvalue weighted by Crippen LogP contribution is -2.57. The molecule has 6 heteroatoms. The second-order valence-electron chi connectivity index (χ2n) is 20.1. The van der Waals surface area contributed by atoms with Gasteiger partial charge in [0.05, 0.1) is 44.7 Å². The highest BCUT2D eigenvalue weighted by Crippen LogP contribution is 2.50. The maximum atomic E-state index is 10.3. The van der Waals surface area contributed by atoms with Gasteiger partial charge < -0.3 is 13.7 Å². The van der Waals surface area contributed by atoms with Gasteiger partial charge in [0.1, 0.15) is 0 Å². The molecule has 0 aliphatic carbocycles. The Labute approximate surface area is 413 Å². The van der Waals surface area contributed by atoms with E-state index >= 15 is 0 Å². The molecule has 0 saturated carbocycles. The number of para-hydroxylation sites is 4. The van der Waals surface area contributed by atoms with Crippen LogP contribution in [0, 0.1) is 11.3 Å². The first-order valence-electron chi connectivity index (χ1n) is 24.8. The molecule has 0 saturated heterocycles. The van der Waals surface area contributed by atoms with E-state index in [1.807, 2.05) is 30.0 Å². The van der Waals surface area contributed by atoms with Crippen molar-refractivity contribution in [3.8, 4) is 23.1 Å². The standard InChI is InChI=1S/C64H51BN4S/c1-38(2)42-34-49(39(3)4)61(50(35-42)40(5)6)65-51-26-13-17-30-56(51)70-57-36-45(31-32-52(57)65)69-55-29-16-12-25-48(55)60-63-59(47-24-11-15-28-54(47)68(63)44-22-18-19-41(33-44)37-66)62-58(64(60)69)46-23-10-14-27-53(46)67(62)43-20-8-7-9-21-43/h7-36,38-40H,1-6H3. The van der Waals surface area contributed by atoms with E-state index < -0.39 is 0 Å². The summed E-state index contributed by atoms with van der Waals surface area (Å²) in [4.78, 5) is 2.60. The molecule has 0 atom stereocenters. The second kappa shape index (κ2) is 16.2. The molecule has 13 rings (SSSR count). The van der Waals surface area contributed by atoms with Crippen molar-refractivity contribution in [3.63, 3.8) is 0 Å². The highest BCUT2D eigenvalue weighted by Gasteiger charge is 2.36. The molecule has 1 aliphatic heterocycles. The first-order chi connectivity index (χ1) is 34.2. The zero-order valence-electron chi connectivity index (χ0n) is 40.3. The monoisotopic (exact) mass is 918 g/mol. The third-order valence-electron chi connectivity index (χ3n) is 15.1. The molecule has 12 aromatic rings. The van der Waals surface area contributed by atoms with Crippen molar-refractivity contribution in [2.45, 2.75) is 69.1 Å². The van der Waals surface area contributed by atoms with E-state index in [1.54, 1.807) is 0 Å². The van der Waals surface area contributed by atoms with E-state index in [4.69, 9.17) is 0 Å². The van der Waals surface area contributed by atoms with E-state index in [2.05, 4.69) is 225 Å². The van der Waals surface area contributed by atoms with Crippen LogP contribution in [0.25, 0.3) is 82.5 Å². The summed E-state index contributed by atoms with van der Waals surface area (Å²) >= 11 is 1.91. The predicted molar refractivity (Wildman–Crippen MR) is 298 cm³/mol. The molecule has 9 aromatic carbocycles. The summed E-state index contributed by atoms with van der Waals surface area (Å²) in [7, 11) is 0. The Bertz CT molecular complexity index is 4130. The molecule has 0 bridgehead atoms. The molecule has 4 nitrogen and oxygen atoms in total. The SMILES string of the molecule is CC(C)c1cc(C(C)C)c(B2c3ccccc3Sc3cc(-n4c5ccccc5c5c6c(c7ccccc7n6-c6cccc(C#N)c6)c6c(c7ccccc7n6-c6ccccc6)c54)ccc32)c(C(C)C)c1. The Morgan fingerprint density at radius 3 is 1.44 bits per heavy atom. The van der Waals surface area contributed by atoms with Crippen LogP contribution in [0.15, 0.2) is 192 Å². The van der Waals surface area contributed by atoms with Crippen molar-refractivity contribution < 1.29 is 0 Å². The van der Waals surface area contributed by atoms with Crippen molar-refractivity contribution in [3.05, 3.63) is 204 Å². The maximum Gasteiger partial charge on any atom is 0.244 e. The predicted octanol–water partition coefficient (Wildman–Crippen LogP) is 15.2. The fourth-order valence-electron chi connectivity index (χ4n) is 12.0. The van der Waals surface area contributed by atoms with Crippen molar-refractivity contribution in [2.24, 2.45) is 0 Å². The molecule has 0 unspecified atom stereocenters. The molecule has 0 amide bonds. The highest BCUT2D eigenvalue weighted by molar-refractivity contribution is 8.00. The molecule has 336 valence electrons. The van der Waals surface area contributed by atoms with Gasteiger partial charge in [-0.3, -0.25) is 0 Å². The molecule has 4 heterocycles. The lowest BCUT2D eigenvalue weighted by Gasteiger charge is -2.32. The van der Waals surface area contributed by atoms with Crippen LogP contribution in [0.5, 0.6) is 0 Å². The molecule has 0 N–H and O–H groups in total. The molecule has 0 radical (unpaired) electrons. The Hall–Kier alpha value is -7.72. The number of aromatic nitrogens is 3. The first kappa shape index (κ1) is 42.4. The van der Waals surface area contributed by atoms with Gasteiger partial charge >= 0.3 is 0 Å². The maximum absolute atomic E-state index is 10.3. The minimum atomic E-state index is 0.0886.